The van der Waals surface area contributed by atoms with Gasteiger partial charge in [-0.3, -0.25) is 0 Å². The number of aliphatic hydroxyl groups excluding tert-OH is 4. The average Bonchev–Trinajstić information content (AvgIpc) is 2.54. The third kappa shape index (κ3) is 102. The Kier molecular flexibility index (Phi) is 58.1. The molecule has 0 aliphatic carbocycles. The minimum Gasteiger partial charge on any atom is -0.396 e. The zero-order valence-electron chi connectivity index (χ0n) is 19.3. The van der Waals surface area contributed by atoms with Gasteiger partial charge in [-0.05, 0) is 40.5 Å². The summed E-state index contributed by atoms with van der Waals surface area (Å²) in [6.07, 6.45) is 14.7. The van der Waals surface area contributed by atoms with Crippen LogP contribution in [-0.4, -0.2) is 45.8 Å². The zero-order valence-corrected chi connectivity index (χ0v) is 20.9. The normalized spacial score (nSPS) is 9.33. The maximum absolute atomic E-state index is 8.42. The third-order valence-electron chi connectivity index (χ3n) is 3.02. The van der Waals surface area contributed by atoms with Gasteiger partial charge in [0.25, 0.3) is 0 Å². The van der Waals surface area contributed by atoms with E-state index in [1.807, 2.05) is 0 Å². The van der Waals surface area contributed by atoms with E-state index < -0.39 is 0 Å². The smallest absolute Gasteiger partial charge is 0.0483 e. The van der Waals surface area contributed by atoms with Crippen LogP contribution in [0.4, 0.5) is 0 Å². The molecule has 0 atom stereocenters. The van der Waals surface area contributed by atoms with E-state index in [0.29, 0.717) is 13.2 Å². The summed E-state index contributed by atoms with van der Waals surface area (Å²) in [6, 6.07) is 0. The Balaban J connectivity index is -0.0000000843. The second-order valence-corrected chi connectivity index (χ2v) is 7.17. The van der Waals surface area contributed by atoms with Gasteiger partial charge in [-0.1, -0.05) is 78.1 Å². The molecule has 0 radical (unpaired) electrons. The molecule has 0 aromatic rings. The number of rotatable bonds is 12. The van der Waals surface area contributed by atoms with Gasteiger partial charge in [0, 0.05) is 47.1 Å². The maximum Gasteiger partial charge on any atom is 0.0483 e. The molecule has 27 heavy (non-hydrogen) atoms. The van der Waals surface area contributed by atoms with E-state index in [1.54, 1.807) is 27.7 Å². The number of hydrogen-bond donors (Lipinski definition) is 4. The molecule has 0 spiro atoms. The number of aliphatic hydroxyl groups is 4. The van der Waals surface area contributed by atoms with Crippen LogP contribution in [0.1, 0.15) is 119 Å². The van der Waals surface area contributed by atoms with Crippen molar-refractivity contribution in [1.82, 2.24) is 0 Å². The molecule has 0 heterocycles. The van der Waals surface area contributed by atoms with Gasteiger partial charge in [-0.25, -0.2) is 0 Å². The molecule has 0 aromatic carbocycles. The van der Waals surface area contributed by atoms with Crippen molar-refractivity contribution in [2.75, 3.05) is 13.2 Å². The van der Waals surface area contributed by atoms with Crippen LogP contribution in [0.2, 0.25) is 0 Å². The molecule has 0 unspecified atom stereocenters. The number of hydrogen-bond acceptors (Lipinski definition) is 4. The number of unbranched alkanes of at least 4 members (excludes halogenated alkanes) is 10. The summed E-state index contributed by atoms with van der Waals surface area (Å²) >= 11 is 0. The Hall–Kier alpha value is 0.554. The average molecular weight is 429 g/mol. The van der Waals surface area contributed by atoms with Gasteiger partial charge in [0.2, 0.25) is 0 Å². The van der Waals surface area contributed by atoms with Crippen molar-refractivity contribution in [3.05, 3.63) is 0 Å². The van der Waals surface area contributed by atoms with E-state index in [-0.39, 0.29) is 33.9 Å². The Bertz CT molecular complexity index is 154. The summed E-state index contributed by atoms with van der Waals surface area (Å²) in [5.41, 5.74) is 0. The Labute approximate surface area is 186 Å². The van der Waals surface area contributed by atoms with Crippen molar-refractivity contribution >= 4 is 0 Å². The third-order valence-corrected chi connectivity index (χ3v) is 3.02. The van der Waals surface area contributed by atoms with E-state index >= 15 is 0 Å². The van der Waals surface area contributed by atoms with Crippen LogP contribution >= 0.6 is 0 Å². The monoisotopic (exact) mass is 428 g/mol. The van der Waals surface area contributed by atoms with Gasteiger partial charge in [-0.2, -0.15) is 0 Å². The topological polar surface area (TPSA) is 80.9 Å². The SMILES string of the molecule is CC(C)O.CC(C)O.CCCCCCCCO.CCCCCCCCO.[Ti]. The molecule has 168 valence electrons. The fourth-order valence-electron chi connectivity index (χ4n) is 1.78. The summed E-state index contributed by atoms with van der Waals surface area (Å²) in [6.45, 7) is 12.1. The second-order valence-electron chi connectivity index (χ2n) is 7.17. The van der Waals surface area contributed by atoms with Crippen LogP contribution in [0.5, 0.6) is 0 Å². The molecule has 0 aromatic heterocycles. The molecule has 0 aliphatic rings. The summed E-state index contributed by atoms with van der Waals surface area (Å²) in [4.78, 5) is 0. The minimum atomic E-state index is -0.167. The van der Waals surface area contributed by atoms with Gasteiger partial charge < -0.3 is 20.4 Å². The summed E-state index contributed by atoms with van der Waals surface area (Å²) in [7, 11) is 0. The molecule has 0 saturated heterocycles. The first-order valence-electron chi connectivity index (χ1n) is 10.9. The molecule has 4 nitrogen and oxygen atoms in total. The minimum absolute atomic E-state index is 0. The quantitative estimate of drug-likeness (QED) is 0.246. The molecule has 0 fully saturated rings. The second kappa shape index (κ2) is 41.0. The van der Waals surface area contributed by atoms with Gasteiger partial charge >= 0.3 is 0 Å². The van der Waals surface area contributed by atoms with Crippen LogP contribution < -0.4 is 0 Å². The van der Waals surface area contributed by atoms with Crippen LogP contribution in [-0.2, 0) is 21.7 Å². The molecule has 5 heteroatoms. The first-order valence-corrected chi connectivity index (χ1v) is 10.9. The van der Waals surface area contributed by atoms with E-state index in [9.17, 15) is 0 Å². The van der Waals surface area contributed by atoms with E-state index in [0.717, 1.165) is 12.8 Å². The van der Waals surface area contributed by atoms with Crippen molar-refractivity contribution in [3.8, 4) is 0 Å². The first kappa shape index (κ1) is 38.2. The Morgan fingerprint density at radius 2 is 0.667 bits per heavy atom. The molecule has 0 amide bonds. The van der Waals surface area contributed by atoms with E-state index in [2.05, 4.69) is 13.8 Å². The van der Waals surface area contributed by atoms with E-state index in [4.69, 9.17) is 20.4 Å². The summed E-state index contributed by atoms with van der Waals surface area (Å²) in [5, 5.41) is 33.0. The summed E-state index contributed by atoms with van der Waals surface area (Å²) < 4.78 is 0. The molecule has 0 saturated carbocycles. The van der Waals surface area contributed by atoms with E-state index in [1.165, 1.54) is 64.2 Å². The molecule has 0 rings (SSSR count). The summed E-state index contributed by atoms with van der Waals surface area (Å²) in [5.74, 6) is 0. The van der Waals surface area contributed by atoms with Crippen LogP contribution in [0.25, 0.3) is 0 Å². The van der Waals surface area contributed by atoms with Gasteiger partial charge in [0.1, 0.15) is 0 Å². The molecular weight excluding hydrogens is 376 g/mol. The molecular formula is C22H52O4Ti. The van der Waals surface area contributed by atoms with Crippen LogP contribution in [0, 0.1) is 0 Å². The van der Waals surface area contributed by atoms with Crippen molar-refractivity contribution in [2.45, 2.75) is 131 Å². The predicted molar refractivity (Wildman–Crippen MR) is 116 cm³/mol. The van der Waals surface area contributed by atoms with Crippen LogP contribution in [0.3, 0.4) is 0 Å². The standard InChI is InChI=1S/2C8H18O.2C3H8O.Ti/c2*1-2-3-4-5-6-7-8-9;2*1-3(2)4;/h2*9H,2-8H2,1H3;2*3-4H,1-2H3;. The first-order chi connectivity index (χ1) is 12.3. The van der Waals surface area contributed by atoms with Crippen molar-refractivity contribution in [1.29, 1.82) is 0 Å². The molecule has 4 N–H and O–H groups in total. The predicted octanol–water partition coefficient (Wildman–Crippen LogP) is 5.45. The fourth-order valence-corrected chi connectivity index (χ4v) is 1.78. The van der Waals surface area contributed by atoms with Crippen molar-refractivity contribution in [3.63, 3.8) is 0 Å². The Morgan fingerprint density at radius 3 is 0.852 bits per heavy atom. The van der Waals surface area contributed by atoms with Crippen molar-refractivity contribution in [2.24, 2.45) is 0 Å². The zero-order chi connectivity index (χ0) is 21.1. The molecule has 0 bridgehead atoms. The molecule has 0 aliphatic heterocycles. The maximum atomic E-state index is 8.42. The van der Waals surface area contributed by atoms with Gasteiger partial charge in [-0.15, -0.1) is 0 Å². The van der Waals surface area contributed by atoms with Gasteiger partial charge in [0.15, 0.2) is 0 Å². The van der Waals surface area contributed by atoms with Crippen LogP contribution in [0.15, 0.2) is 0 Å². The fraction of sp³-hybridized carbons (Fsp3) is 1.00. The van der Waals surface area contributed by atoms with Crippen molar-refractivity contribution < 1.29 is 42.1 Å². The van der Waals surface area contributed by atoms with Gasteiger partial charge in [0.05, 0.1) is 0 Å². The Morgan fingerprint density at radius 1 is 0.481 bits per heavy atom. The largest absolute Gasteiger partial charge is 0.396 e.